The lowest BCUT2D eigenvalue weighted by atomic mass is 9.93. The Balaban J connectivity index is 2.58. The smallest absolute Gasteiger partial charge is 0.407 e. The highest BCUT2D eigenvalue weighted by atomic mass is 32.2. The molecule has 1 rings (SSSR count). The van der Waals surface area contributed by atoms with E-state index in [9.17, 15) is 18.0 Å². The van der Waals surface area contributed by atoms with Crippen molar-refractivity contribution in [2.45, 2.75) is 32.8 Å². The van der Waals surface area contributed by atoms with Crippen LogP contribution in [0.5, 0.6) is 0 Å². The van der Waals surface area contributed by atoms with Gasteiger partial charge in [0, 0.05) is 13.0 Å². The Morgan fingerprint density at radius 1 is 1.19 bits per heavy atom. The molecule has 7 nitrogen and oxygen atoms in total. The first-order valence-corrected chi connectivity index (χ1v) is 8.58. The summed E-state index contributed by atoms with van der Waals surface area (Å²) in [5.74, 6) is -1.17. The average Bonchev–Trinajstić information content (AvgIpc) is 2.58. The molecule has 1 saturated heterocycles. The van der Waals surface area contributed by atoms with Crippen LogP contribution in [-0.2, 0) is 24.1 Å². The van der Waals surface area contributed by atoms with E-state index in [4.69, 9.17) is 4.74 Å². The minimum absolute atomic E-state index is 0.0372. The lowest BCUT2D eigenvalue weighted by Gasteiger charge is -2.22. The lowest BCUT2D eigenvalue weighted by Crippen LogP contribution is -2.37. The molecule has 2 unspecified atom stereocenters. The van der Waals surface area contributed by atoms with Crippen molar-refractivity contribution in [3.8, 4) is 0 Å². The first kappa shape index (κ1) is 17.7. The van der Waals surface area contributed by atoms with Crippen LogP contribution in [0.15, 0.2) is 0 Å². The highest BCUT2D eigenvalue weighted by Crippen LogP contribution is 2.28. The van der Waals surface area contributed by atoms with Crippen molar-refractivity contribution in [2.24, 2.45) is 11.8 Å². The molecule has 0 aliphatic carbocycles. The molecule has 1 fully saturated rings. The number of carbonyl (C=O) groups excluding carboxylic acids is 2. The number of hydrogen-bond acceptors (Lipinski definition) is 6. The van der Waals surface area contributed by atoms with Gasteiger partial charge in [-0.2, -0.15) is 0 Å². The summed E-state index contributed by atoms with van der Waals surface area (Å²) in [6, 6.07) is 0. The van der Waals surface area contributed by atoms with Gasteiger partial charge in [-0.05, 0) is 32.6 Å². The van der Waals surface area contributed by atoms with Gasteiger partial charge in [-0.15, -0.1) is 0 Å². The van der Waals surface area contributed by atoms with E-state index in [1.807, 2.05) is 0 Å². The van der Waals surface area contributed by atoms with Crippen molar-refractivity contribution < 1.29 is 27.5 Å². The molecule has 122 valence electrons. The highest BCUT2D eigenvalue weighted by molar-refractivity contribution is 7.91. The maximum absolute atomic E-state index is 11.7. The third-order valence-corrected chi connectivity index (χ3v) is 5.04. The summed E-state index contributed by atoms with van der Waals surface area (Å²) in [6.07, 6.45) is -0.556. The SMILES string of the molecule is COC(=O)CC1CS(=O)(=O)CC1CNC(=O)OC(C)(C)C. The fourth-order valence-corrected chi connectivity index (χ4v) is 4.49. The minimum Gasteiger partial charge on any atom is -0.469 e. The number of methoxy groups -OCH3 is 1. The van der Waals surface area contributed by atoms with Crippen LogP contribution in [0, 0.1) is 11.8 Å². The van der Waals surface area contributed by atoms with Crippen LogP contribution in [0.1, 0.15) is 27.2 Å². The zero-order chi connectivity index (χ0) is 16.3. The molecule has 1 amide bonds. The van der Waals surface area contributed by atoms with Gasteiger partial charge in [0.2, 0.25) is 0 Å². The number of nitrogens with one attached hydrogen (secondary N) is 1. The van der Waals surface area contributed by atoms with Gasteiger partial charge < -0.3 is 14.8 Å². The molecule has 1 aliphatic heterocycles. The summed E-state index contributed by atoms with van der Waals surface area (Å²) >= 11 is 0. The summed E-state index contributed by atoms with van der Waals surface area (Å²) in [7, 11) is -1.92. The number of rotatable bonds is 4. The molecule has 0 saturated carbocycles. The molecule has 1 heterocycles. The molecule has 1 N–H and O–H groups in total. The Hall–Kier alpha value is -1.31. The monoisotopic (exact) mass is 321 g/mol. The van der Waals surface area contributed by atoms with Crippen molar-refractivity contribution in [3.05, 3.63) is 0 Å². The Morgan fingerprint density at radius 2 is 1.76 bits per heavy atom. The van der Waals surface area contributed by atoms with Gasteiger partial charge in [-0.25, -0.2) is 13.2 Å². The highest BCUT2D eigenvalue weighted by Gasteiger charge is 2.39. The quantitative estimate of drug-likeness (QED) is 0.767. The van der Waals surface area contributed by atoms with Gasteiger partial charge in [-0.1, -0.05) is 0 Å². The zero-order valence-electron chi connectivity index (χ0n) is 12.8. The van der Waals surface area contributed by atoms with Gasteiger partial charge >= 0.3 is 12.1 Å². The topological polar surface area (TPSA) is 98.8 Å². The van der Waals surface area contributed by atoms with E-state index in [-0.39, 0.29) is 36.3 Å². The van der Waals surface area contributed by atoms with Crippen molar-refractivity contribution >= 4 is 21.9 Å². The molecule has 2 atom stereocenters. The lowest BCUT2D eigenvalue weighted by molar-refractivity contribution is -0.141. The molecule has 0 aromatic heterocycles. The summed E-state index contributed by atoms with van der Waals surface area (Å²) in [4.78, 5) is 22.9. The molecule has 0 radical (unpaired) electrons. The van der Waals surface area contributed by atoms with Gasteiger partial charge in [0.25, 0.3) is 0 Å². The van der Waals surface area contributed by atoms with Crippen molar-refractivity contribution in [1.82, 2.24) is 5.32 Å². The largest absolute Gasteiger partial charge is 0.469 e. The summed E-state index contributed by atoms with van der Waals surface area (Å²) < 4.78 is 33.1. The van der Waals surface area contributed by atoms with E-state index in [1.54, 1.807) is 20.8 Å². The van der Waals surface area contributed by atoms with Gasteiger partial charge in [-0.3, -0.25) is 4.79 Å². The Morgan fingerprint density at radius 3 is 2.29 bits per heavy atom. The molecule has 0 bridgehead atoms. The van der Waals surface area contributed by atoms with Crippen LogP contribution in [0.3, 0.4) is 0 Å². The van der Waals surface area contributed by atoms with E-state index in [0.29, 0.717) is 0 Å². The van der Waals surface area contributed by atoms with E-state index in [1.165, 1.54) is 7.11 Å². The molecule has 21 heavy (non-hydrogen) atoms. The number of sulfone groups is 1. The van der Waals surface area contributed by atoms with Crippen LogP contribution >= 0.6 is 0 Å². The summed E-state index contributed by atoms with van der Waals surface area (Å²) in [6.45, 7) is 5.39. The first-order valence-electron chi connectivity index (χ1n) is 6.76. The molecule has 8 heteroatoms. The Kier molecular flexibility index (Phi) is 5.61. The molecular weight excluding hydrogens is 298 g/mol. The molecule has 0 spiro atoms. The number of ether oxygens (including phenoxy) is 2. The van der Waals surface area contributed by atoms with Crippen molar-refractivity contribution in [1.29, 1.82) is 0 Å². The average molecular weight is 321 g/mol. The minimum atomic E-state index is -3.18. The normalized spacial score (nSPS) is 24.4. The second kappa shape index (κ2) is 6.64. The number of amides is 1. The molecule has 0 aromatic rings. The summed E-state index contributed by atoms with van der Waals surface area (Å²) in [5.41, 5.74) is -0.614. The predicted octanol–water partition coefficient (Wildman–Crippen LogP) is 0.735. The first-order chi connectivity index (χ1) is 9.52. The van der Waals surface area contributed by atoms with Crippen molar-refractivity contribution in [2.75, 3.05) is 25.2 Å². The van der Waals surface area contributed by atoms with Gasteiger partial charge in [0.15, 0.2) is 9.84 Å². The third-order valence-electron chi connectivity index (χ3n) is 3.17. The standard InChI is InChI=1S/C13H23NO6S/c1-13(2,3)20-12(16)14-6-10-8-21(17,18)7-9(10)5-11(15)19-4/h9-10H,5-8H2,1-4H3,(H,14,16). The molecule has 0 aromatic carbocycles. The number of hydrogen-bond donors (Lipinski definition) is 1. The molecular formula is C13H23NO6S. The second-order valence-corrected chi connectivity index (χ2v) is 8.41. The zero-order valence-corrected chi connectivity index (χ0v) is 13.7. The van der Waals surface area contributed by atoms with Crippen LogP contribution in [0.25, 0.3) is 0 Å². The van der Waals surface area contributed by atoms with Crippen LogP contribution in [-0.4, -0.2) is 51.2 Å². The Labute approximate surface area is 125 Å². The van der Waals surface area contributed by atoms with E-state index >= 15 is 0 Å². The van der Waals surface area contributed by atoms with E-state index < -0.39 is 27.5 Å². The van der Waals surface area contributed by atoms with Crippen molar-refractivity contribution in [3.63, 3.8) is 0 Å². The fourth-order valence-electron chi connectivity index (χ4n) is 2.27. The third kappa shape index (κ3) is 6.33. The number of carbonyl (C=O) groups is 2. The van der Waals surface area contributed by atoms with Crippen LogP contribution in [0.4, 0.5) is 4.79 Å². The van der Waals surface area contributed by atoms with Crippen LogP contribution < -0.4 is 5.32 Å². The maximum Gasteiger partial charge on any atom is 0.407 e. The van der Waals surface area contributed by atoms with E-state index in [0.717, 1.165) is 0 Å². The van der Waals surface area contributed by atoms with E-state index in [2.05, 4.69) is 10.1 Å². The number of alkyl carbamates (subject to hydrolysis) is 1. The van der Waals surface area contributed by atoms with Gasteiger partial charge in [0.1, 0.15) is 5.60 Å². The Bertz CT molecular complexity index is 493. The molecule has 1 aliphatic rings. The van der Waals surface area contributed by atoms with Gasteiger partial charge in [0.05, 0.1) is 18.6 Å². The second-order valence-electron chi connectivity index (χ2n) is 6.26. The fraction of sp³-hybridized carbons (Fsp3) is 0.846. The van der Waals surface area contributed by atoms with Crippen LogP contribution in [0.2, 0.25) is 0 Å². The predicted molar refractivity (Wildman–Crippen MR) is 76.5 cm³/mol. The summed E-state index contributed by atoms with van der Waals surface area (Å²) in [5, 5.41) is 2.56. The maximum atomic E-state index is 11.7. The number of esters is 1.